The van der Waals surface area contributed by atoms with E-state index in [4.69, 9.17) is 0 Å². The van der Waals surface area contributed by atoms with Crippen molar-refractivity contribution < 1.29 is 9.59 Å². The van der Waals surface area contributed by atoms with E-state index in [1.54, 1.807) is 0 Å². The number of hydrogen-bond acceptors (Lipinski definition) is 4. The largest absolute Gasteiger partial charge is 0.352 e. The fourth-order valence-corrected chi connectivity index (χ4v) is 4.23. The minimum atomic E-state index is -0.116. The van der Waals surface area contributed by atoms with Gasteiger partial charge in [-0.2, -0.15) is 0 Å². The van der Waals surface area contributed by atoms with Crippen LogP contribution in [-0.2, 0) is 9.59 Å². The number of nitrogens with zero attached hydrogens (tertiary/aromatic N) is 2. The molecule has 1 aromatic rings. The molecule has 154 valence electrons. The molecule has 6 heteroatoms. The summed E-state index contributed by atoms with van der Waals surface area (Å²) < 4.78 is 0. The molecule has 1 aromatic carbocycles. The highest BCUT2D eigenvalue weighted by Crippen LogP contribution is 2.24. The van der Waals surface area contributed by atoms with Gasteiger partial charge in [0.2, 0.25) is 11.8 Å². The standard InChI is InChI=1S/C22H34N4O2/c1-17-8-6-7-11-20(17)24-22(28)18(2)26-14-12-25(13-15-26)16-21(27)23-19-9-4-3-5-10-19/h3-5,9-10,17-18,20H,6-8,11-16H2,1-2H3,(H,23,27)(H,24,28). The lowest BCUT2D eigenvalue weighted by molar-refractivity contribution is -0.128. The van der Waals surface area contributed by atoms with Crippen LogP contribution in [0.1, 0.15) is 39.5 Å². The maximum atomic E-state index is 12.7. The first-order chi connectivity index (χ1) is 13.5. The van der Waals surface area contributed by atoms with Gasteiger partial charge >= 0.3 is 0 Å². The van der Waals surface area contributed by atoms with Crippen LogP contribution in [0.2, 0.25) is 0 Å². The zero-order valence-corrected chi connectivity index (χ0v) is 17.2. The third kappa shape index (κ3) is 5.79. The number of anilines is 1. The SMILES string of the molecule is CC1CCCCC1NC(=O)C(C)N1CCN(CC(=O)Nc2ccccc2)CC1. The van der Waals surface area contributed by atoms with Gasteiger partial charge in [-0.1, -0.05) is 38.0 Å². The van der Waals surface area contributed by atoms with Gasteiger partial charge < -0.3 is 10.6 Å². The predicted octanol–water partition coefficient (Wildman–Crippen LogP) is 2.33. The third-order valence-corrected chi connectivity index (χ3v) is 6.20. The summed E-state index contributed by atoms with van der Waals surface area (Å²) in [4.78, 5) is 29.3. The molecule has 0 aromatic heterocycles. The summed E-state index contributed by atoms with van der Waals surface area (Å²) in [5.74, 6) is 0.732. The van der Waals surface area contributed by atoms with Crippen molar-refractivity contribution in [1.82, 2.24) is 15.1 Å². The van der Waals surface area contributed by atoms with Gasteiger partial charge in [0, 0.05) is 37.9 Å². The average molecular weight is 387 g/mol. The zero-order valence-electron chi connectivity index (χ0n) is 17.2. The van der Waals surface area contributed by atoms with E-state index in [9.17, 15) is 9.59 Å². The Kier molecular flexibility index (Phi) is 7.45. The van der Waals surface area contributed by atoms with Crippen LogP contribution < -0.4 is 10.6 Å². The Hall–Kier alpha value is -1.92. The first kappa shape index (κ1) is 20.8. The van der Waals surface area contributed by atoms with Crippen LogP contribution in [0.4, 0.5) is 5.69 Å². The molecular weight excluding hydrogens is 352 g/mol. The second-order valence-corrected chi connectivity index (χ2v) is 8.28. The summed E-state index contributed by atoms with van der Waals surface area (Å²) in [5.41, 5.74) is 0.827. The van der Waals surface area contributed by atoms with Gasteiger partial charge in [-0.15, -0.1) is 0 Å². The van der Waals surface area contributed by atoms with E-state index in [-0.39, 0.29) is 17.9 Å². The number of piperazine rings is 1. The summed E-state index contributed by atoms with van der Waals surface area (Å²) in [7, 11) is 0. The summed E-state index contributed by atoms with van der Waals surface area (Å²) >= 11 is 0. The van der Waals surface area contributed by atoms with Crippen LogP contribution in [0.5, 0.6) is 0 Å². The molecule has 0 radical (unpaired) electrons. The molecule has 6 nitrogen and oxygen atoms in total. The quantitative estimate of drug-likeness (QED) is 0.788. The number of amides is 2. The predicted molar refractivity (Wildman–Crippen MR) is 112 cm³/mol. The monoisotopic (exact) mass is 386 g/mol. The molecule has 1 saturated carbocycles. The van der Waals surface area contributed by atoms with E-state index in [1.807, 2.05) is 37.3 Å². The summed E-state index contributed by atoms with van der Waals surface area (Å²) in [6.07, 6.45) is 4.81. The first-order valence-electron chi connectivity index (χ1n) is 10.6. The van der Waals surface area contributed by atoms with E-state index >= 15 is 0 Å². The molecule has 2 amide bonds. The third-order valence-electron chi connectivity index (χ3n) is 6.20. The fourth-order valence-electron chi connectivity index (χ4n) is 4.23. The Labute approximate surface area is 168 Å². The van der Waals surface area contributed by atoms with Crippen LogP contribution in [0.25, 0.3) is 0 Å². The molecule has 28 heavy (non-hydrogen) atoms. The van der Waals surface area contributed by atoms with Crippen LogP contribution in [-0.4, -0.2) is 66.4 Å². The summed E-state index contributed by atoms with van der Waals surface area (Å²) in [6.45, 7) is 7.87. The van der Waals surface area contributed by atoms with Crippen LogP contribution >= 0.6 is 0 Å². The van der Waals surface area contributed by atoms with Crippen molar-refractivity contribution in [3.8, 4) is 0 Å². The van der Waals surface area contributed by atoms with Crippen molar-refractivity contribution in [3.63, 3.8) is 0 Å². The molecule has 0 bridgehead atoms. The number of carbonyl (C=O) groups is 2. The van der Waals surface area contributed by atoms with Crippen molar-refractivity contribution in [3.05, 3.63) is 30.3 Å². The van der Waals surface area contributed by atoms with Gasteiger partial charge in [0.05, 0.1) is 12.6 Å². The van der Waals surface area contributed by atoms with E-state index in [0.29, 0.717) is 18.5 Å². The first-order valence-corrected chi connectivity index (χ1v) is 10.6. The highest BCUT2D eigenvalue weighted by atomic mass is 16.2. The second kappa shape index (κ2) is 10.0. The number of hydrogen-bond donors (Lipinski definition) is 2. The fraction of sp³-hybridized carbons (Fsp3) is 0.636. The molecule has 3 rings (SSSR count). The van der Waals surface area contributed by atoms with E-state index < -0.39 is 0 Å². The molecule has 2 aliphatic rings. The molecule has 0 spiro atoms. The van der Waals surface area contributed by atoms with E-state index in [1.165, 1.54) is 19.3 Å². The van der Waals surface area contributed by atoms with Crippen LogP contribution in [0.3, 0.4) is 0 Å². The number of para-hydroxylation sites is 1. The molecule has 3 atom stereocenters. The van der Waals surface area contributed by atoms with E-state index in [0.717, 1.165) is 38.3 Å². The second-order valence-electron chi connectivity index (χ2n) is 8.28. The summed E-state index contributed by atoms with van der Waals surface area (Å²) in [6, 6.07) is 9.75. The lowest BCUT2D eigenvalue weighted by Crippen LogP contribution is -2.56. The normalized spacial score (nSPS) is 25.1. The molecular formula is C22H34N4O2. The van der Waals surface area contributed by atoms with Crippen molar-refractivity contribution >= 4 is 17.5 Å². The average Bonchev–Trinajstić information content (AvgIpc) is 2.70. The molecule has 1 aliphatic heterocycles. The summed E-state index contributed by atoms with van der Waals surface area (Å²) in [5, 5.41) is 6.21. The number of carbonyl (C=O) groups excluding carboxylic acids is 2. The lowest BCUT2D eigenvalue weighted by Gasteiger charge is -2.38. The Morgan fingerprint density at radius 1 is 1.07 bits per heavy atom. The topological polar surface area (TPSA) is 64.7 Å². The maximum absolute atomic E-state index is 12.7. The van der Waals surface area contributed by atoms with Gasteiger partial charge in [-0.3, -0.25) is 19.4 Å². The smallest absolute Gasteiger partial charge is 0.238 e. The number of rotatable bonds is 6. The molecule has 1 saturated heterocycles. The number of nitrogens with one attached hydrogen (secondary N) is 2. The van der Waals surface area contributed by atoms with Crippen LogP contribution in [0.15, 0.2) is 30.3 Å². The van der Waals surface area contributed by atoms with Crippen molar-refractivity contribution in [2.75, 3.05) is 38.0 Å². The zero-order chi connectivity index (χ0) is 19.9. The molecule has 1 aliphatic carbocycles. The van der Waals surface area contributed by atoms with Crippen molar-refractivity contribution in [2.24, 2.45) is 5.92 Å². The molecule has 2 fully saturated rings. The van der Waals surface area contributed by atoms with Gasteiger partial charge in [0.25, 0.3) is 0 Å². The van der Waals surface area contributed by atoms with Crippen molar-refractivity contribution in [1.29, 1.82) is 0 Å². The minimum absolute atomic E-state index is 0.0109. The Morgan fingerprint density at radius 2 is 1.75 bits per heavy atom. The molecule has 3 unspecified atom stereocenters. The van der Waals surface area contributed by atoms with Gasteiger partial charge in [-0.25, -0.2) is 0 Å². The van der Waals surface area contributed by atoms with Crippen LogP contribution in [0, 0.1) is 5.92 Å². The van der Waals surface area contributed by atoms with Gasteiger partial charge in [0.1, 0.15) is 0 Å². The Bertz CT molecular complexity index is 643. The number of benzene rings is 1. The van der Waals surface area contributed by atoms with Gasteiger partial charge in [-0.05, 0) is 37.8 Å². The maximum Gasteiger partial charge on any atom is 0.238 e. The highest BCUT2D eigenvalue weighted by molar-refractivity contribution is 5.92. The van der Waals surface area contributed by atoms with Gasteiger partial charge in [0.15, 0.2) is 0 Å². The van der Waals surface area contributed by atoms with Crippen molar-refractivity contribution in [2.45, 2.75) is 51.6 Å². The molecule has 1 heterocycles. The Balaban J connectivity index is 1.40. The molecule has 2 N–H and O–H groups in total. The Morgan fingerprint density at radius 3 is 2.43 bits per heavy atom. The van der Waals surface area contributed by atoms with E-state index in [2.05, 4.69) is 27.4 Å². The highest BCUT2D eigenvalue weighted by Gasteiger charge is 2.29. The minimum Gasteiger partial charge on any atom is -0.352 e. The lowest BCUT2D eigenvalue weighted by atomic mass is 9.86.